The molecule has 2 aromatic rings. The maximum atomic E-state index is 15.6. The van der Waals surface area contributed by atoms with E-state index in [1.165, 1.54) is 13.3 Å². The molecule has 41 heavy (non-hydrogen) atoms. The van der Waals surface area contributed by atoms with Crippen LogP contribution in [0.3, 0.4) is 0 Å². The van der Waals surface area contributed by atoms with Gasteiger partial charge in [0.2, 0.25) is 0 Å². The van der Waals surface area contributed by atoms with E-state index >= 15 is 4.39 Å². The Kier molecular flexibility index (Phi) is 10.8. The third-order valence-corrected chi connectivity index (χ3v) is 9.05. The van der Waals surface area contributed by atoms with Gasteiger partial charge in [-0.2, -0.15) is 0 Å². The topological polar surface area (TPSA) is 190 Å². The Bertz CT molecular complexity index is 1290. The predicted molar refractivity (Wildman–Crippen MR) is 150 cm³/mol. The fourth-order valence-electron chi connectivity index (χ4n) is 3.56. The number of anilines is 1. The molecule has 3 heterocycles. The first kappa shape index (κ1) is 33.6. The summed E-state index contributed by atoms with van der Waals surface area (Å²) in [6.07, 6.45) is -3.13. The van der Waals surface area contributed by atoms with Crippen LogP contribution in [0.25, 0.3) is 11.2 Å². The van der Waals surface area contributed by atoms with Crippen molar-refractivity contribution in [2.75, 3.05) is 24.7 Å². The molecule has 0 amide bonds. The molecule has 1 aliphatic heterocycles. The van der Waals surface area contributed by atoms with Crippen molar-refractivity contribution in [3.05, 3.63) is 12.7 Å². The zero-order valence-electron chi connectivity index (χ0n) is 23.4. The maximum Gasteiger partial charge on any atom is 0.406 e. The zero-order valence-corrected chi connectivity index (χ0v) is 25.9. The van der Waals surface area contributed by atoms with Crippen LogP contribution in [0.1, 0.15) is 47.8 Å². The zero-order chi connectivity index (χ0) is 30.8. The number of carbonyl (C=O) groups excluding carboxylic acids is 2. The highest BCUT2D eigenvalue weighted by atomic mass is 35.5. The van der Waals surface area contributed by atoms with Gasteiger partial charge in [-0.3, -0.25) is 23.2 Å². The van der Waals surface area contributed by atoms with Gasteiger partial charge >= 0.3 is 13.7 Å². The summed E-state index contributed by atoms with van der Waals surface area (Å²) in [4.78, 5) is 36.4. The number of thioether (sulfide) groups is 1. The second kappa shape index (κ2) is 13.2. The second-order valence-electron chi connectivity index (χ2n) is 10.6. The fourth-order valence-corrected chi connectivity index (χ4v) is 6.25. The van der Waals surface area contributed by atoms with E-state index in [4.69, 9.17) is 35.9 Å². The molecule has 0 bridgehead atoms. The van der Waals surface area contributed by atoms with E-state index in [1.807, 2.05) is 0 Å². The number of ether oxygens (including phenoxy) is 2. The largest absolute Gasteiger partial charge is 0.462 e. The Morgan fingerprint density at radius 1 is 1.32 bits per heavy atom. The molecule has 1 saturated heterocycles. The van der Waals surface area contributed by atoms with Crippen LogP contribution in [-0.4, -0.2) is 84.2 Å². The fraction of sp³-hybridized carbons (Fsp3) is 0.696. The average Bonchev–Trinajstić information content (AvgIpc) is 3.38. The molecule has 0 saturated carbocycles. The molecule has 0 unspecified atom stereocenters. The third kappa shape index (κ3) is 8.14. The first-order valence-corrected chi connectivity index (χ1v) is 15.6. The van der Waals surface area contributed by atoms with Crippen molar-refractivity contribution in [2.24, 2.45) is 5.41 Å². The minimum absolute atomic E-state index is 0.0443. The van der Waals surface area contributed by atoms with Crippen molar-refractivity contribution < 1.29 is 42.2 Å². The standard InChI is InChI=1S/C23H35ClFN6O8PS/c1-12(2)38-19(33)13(3)30-40(35,36-7-8-41-21(34)22(4,5)6)37-9-14-16(32)23(24,25)20(39-14)31-11-29-15-17(26)27-10-28-18(15)31/h10-14,16,20,32H,7-9H2,1-6H3,(H,30,35)(H2,26,27,28)/t13-,14-,16-,20-,23+,40-/m1/s1. The monoisotopic (exact) mass is 640 g/mol. The number of hydrogen-bond acceptors (Lipinski definition) is 13. The molecule has 0 aromatic carbocycles. The maximum absolute atomic E-state index is 15.6. The van der Waals surface area contributed by atoms with E-state index in [1.54, 1.807) is 34.6 Å². The lowest BCUT2D eigenvalue weighted by Gasteiger charge is -2.25. The quantitative estimate of drug-likeness (QED) is 0.133. The van der Waals surface area contributed by atoms with Crippen LogP contribution in [-0.2, 0) is 32.7 Å². The lowest BCUT2D eigenvalue weighted by Crippen LogP contribution is -2.39. The highest BCUT2D eigenvalue weighted by Crippen LogP contribution is 2.49. The summed E-state index contributed by atoms with van der Waals surface area (Å²) in [5, 5.41) is 10.2. The van der Waals surface area contributed by atoms with E-state index in [-0.39, 0.29) is 34.5 Å². The van der Waals surface area contributed by atoms with Gasteiger partial charge in [0.25, 0.3) is 5.13 Å². The van der Waals surface area contributed by atoms with Gasteiger partial charge < -0.3 is 20.3 Å². The first-order chi connectivity index (χ1) is 19.0. The number of alkyl halides is 2. The van der Waals surface area contributed by atoms with Gasteiger partial charge in [-0.1, -0.05) is 44.1 Å². The van der Waals surface area contributed by atoms with Gasteiger partial charge in [-0.15, -0.1) is 0 Å². The summed E-state index contributed by atoms with van der Waals surface area (Å²) in [5.74, 6) is -0.546. The molecule has 230 valence electrons. The molecule has 18 heteroatoms. The summed E-state index contributed by atoms with van der Waals surface area (Å²) in [7, 11) is -4.31. The summed E-state index contributed by atoms with van der Waals surface area (Å²) in [5.41, 5.74) is 5.48. The van der Waals surface area contributed by atoms with E-state index in [0.717, 1.165) is 22.7 Å². The van der Waals surface area contributed by atoms with Crippen LogP contribution in [0.4, 0.5) is 10.2 Å². The number of hydrogen-bond donors (Lipinski definition) is 3. The molecule has 14 nitrogen and oxygen atoms in total. The van der Waals surface area contributed by atoms with Crippen molar-refractivity contribution in [1.29, 1.82) is 0 Å². The van der Waals surface area contributed by atoms with E-state index in [9.17, 15) is 19.3 Å². The number of nitrogens with zero attached hydrogens (tertiary/aromatic N) is 4. The predicted octanol–water partition coefficient (Wildman–Crippen LogP) is 2.95. The molecule has 0 spiro atoms. The van der Waals surface area contributed by atoms with Crippen LogP contribution in [0.5, 0.6) is 0 Å². The van der Waals surface area contributed by atoms with Gasteiger partial charge in [-0.05, 0) is 20.8 Å². The molecule has 1 fully saturated rings. The molecular weight excluding hydrogens is 606 g/mol. The van der Waals surface area contributed by atoms with Crippen molar-refractivity contribution in [2.45, 2.75) is 77.3 Å². The van der Waals surface area contributed by atoms with Crippen LogP contribution in [0.2, 0.25) is 0 Å². The molecule has 4 N–H and O–H groups in total. The molecule has 1 aliphatic rings. The molecule has 6 atom stereocenters. The Labute approximate surface area is 245 Å². The van der Waals surface area contributed by atoms with Gasteiger partial charge in [0, 0.05) is 11.2 Å². The Morgan fingerprint density at radius 3 is 2.63 bits per heavy atom. The van der Waals surface area contributed by atoms with Crippen LogP contribution in [0, 0.1) is 5.41 Å². The average molecular weight is 641 g/mol. The molecular formula is C23H35ClFN6O8PS. The van der Waals surface area contributed by atoms with Gasteiger partial charge in [0.1, 0.15) is 30.1 Å². The lowest BCUT2D eigenvalue weighted by atomic mass is 10.00. The number of aromatic nitrogens is 4. The van der Waals surface area contributed by atoms with Crippen molar-refractivity contribution in [3.8, 4) is 0 Å². The summed E-state index contributed by atoms with van der Waals surface area (Å²) in [6.45, 7) is 9.10. The molecule has 0 radical (unpaired) electrons. The summed E-state index contributed by atoms with van der Waals surface area (Å²) < 4.78 is 52.1. The number of halogens is 2. The van der Waals surface area contributed by atoms with Crippen molar-refractivity contribution in [1.82, 2.24) is 24.6 Å². The molecule has 3 rings (SSSR count). The second-order valence-corrected chi connectivity index (χ2v) is 14.0. The Balaban J connectivity index is 1.74. The van der Waals surface area contributed by atoms with E-state index in [0.29, 0.717) is 0 Å². The number of rotatable bonds is 12. The van der Waals surface area contributed by atoms with Crippen LogP contribution >= 0.6 is 31.1 Å². The number of esters is 1. The number of nitrogen functional groups attached to an aromatic ring is 1. The van der Waals surface area contributed by atoms with Crippen molar-refractivity contribution in [3.63, 3.8) is 0 Å². The lowest BCUT2D eigenvalue weighted by molar-refractivity contribution is -0.149. The first-order valence-electron chi connectivity index (χ1n) is 12.6. The van der Waals surface area contributed by atoms with Gasteiger partial charge in [0.15, 0.2) is 22.8 Å². The Morgan fingerprint density at radius 2 is 2.00 bits per heavy atom. The smallest absolute Gasteiger partial charge is 0.406 e. The molecule has 0 aliphatic carbocycles. The van der Waals surface area contributed by atoms with Crippen LogP contribution < -0.4 is 10.8 Å². The molecule has 2 aromatic heterocycles. The number of nitrogens with one attached hydrogen (secondary N) is 1. The van der Waals surface area contributed by atoms with E-state index < -0.39 is 61.4 Å². The number of aliphatic hydroxyl groups is 1. The minimum atomic E-state index is -4.31. The van der Waals surface area contributed by atoms with Gasteiger partial charge in [0.05, 0.1) is 25.6 Å². The number of nitrogens with two attached hydrogens (primary N) is 1. The number of aliphatic hydroxyl groups excluding tert-OH is 1. The van der Waals surface area contributed by atoms with Crippen molar-refractivity contribution >= 4 is 59.2 Å². The third-order valence-electron chi connectivity index (χ3n) is 5.68. The number of imidazole rings is 1. The normalized spacial score (nSPS) is 25.4. The SMILES string of the molecule is CC(C)OC(=O)[C@@H](C)N[P@@](=O)(OCCSC(=O)C(C)(C)C)OC[C@H]1O[C@@H](n2cnc3c(N)ncnc32)[C@](F)(Cl)[C@@H]1O. The highest BCUT2D eigenvalue weighted by molar-refractivity contribution is 8.13. The summed E-state index contributed by atoms with van der Waals surface area (Å²) in [6, 6.07) is -1.13. The Hall–Kier alpha value is -1.91. The number of carbonyl (C=O) groups is 2. The summed E-state index contributed by atoms with van der Waals surface area (Å²) >= 11 is 7.05. The van der Waals surface area contributed by atoms with E-state index in [2.05, 4.69) is 20.0 Å². The highest BCUT2D eigenvalue weighted by Gasteiger charge is 2.58. The van der Waals surface area contributed by atoms with Crippen LogP contribution in [0.15, 0.2) is 12.7 Å². The number of fused-ring (bicyclic) bond motifs is 1. The van der Waals surface area contributed by atoms with Gasteiger partial charge in [-0.25, -0.2) is 29.0 Å². The minimum Gasteiger partial charge on any atom is -0.462 e.